The van der Waals surface area contributed by atoms with Crippen LogP contribution in [-0.4, -0.2) is 24.4 Å². The molecule has 3 nitrogen and oxygen atoms in total. The molecule has 1 saturated carbocycles. The monoisotopic (exact) mass is 193 g/mol. The summed E-state index contributed by atoms with van der Waals surface area (Å²) in [4.78, 5) is 0. The van der Waals surface area contributed by atoms with Gasteiger partial charge in [-0.25, -0.2) is 0 Å². The van der Waals surface area contributed by atoms with Gasteiger partial charge in [-0.2, -0.15) is 0 Å². The lowest BCUT2D eigenvalue weighted by Crippen LogP contribution is -2.28. The van der Waals surface area contributed by atoms with Crippen molar-refractivity contribution in [1.82, 2.24) is 0 Å². The van der Waals surface area contributed by atoms with Crippen molar-refractivity contribution in [1.29, 1.82) is 0 Å². The SMILES string of the molecule is COc1ccc(C2CC2(N)CO)cc1. The van der Waals surface area contributed by atoms with Crippen LogP contribution in [0.2, 0.25) is 0 Å². The average Bonchev–Trinajstić information content (AvgIpc) is 2.92. The first-order chi connectivity index (χ1) is 6.69. The molecule has 1 aromatic carbocycles. The van der Waals surface area contributed by atoms with Crippen molar-refractivity contribution in [3.05, 3.63) is 29.8 Å². The number of hydrogen-bond donors (Lipinski definition) is 2. The largest absolute Gasteiger partial charge is 0.497 e. The third kappa shape index (κ3) is 1.49. The first-order valence-corrected chi connectivity index (χ1v) is 4.73. The molecule has 1 aliphatic carbocycles. The molecule has 0 spiro atoms. The number of methoxy groups -OCH3 is 1. The van der Waals surface area contributed by atoms with Crippen molar-refractivity contribution >= 4 is 0 Å². The molecule has 0 saturated heterocycles. The minimum absolute atomic E-state index is 0.0592. The molecule has 0 amide bonds. The van der Waals surface area contributed by atoms with Gasteiger partial charge in [0.15, 0.2) is 0 Å². The number of hydrogen-bond acceptors (Lipinski definition) is 3. The highest BCUT2D eigenvalue weighted by Crippen LogP contribution is 2.49. The summed E-state index contributed by atoms with van der Waals surface area (Å²) in [5.41, 5.74) is 6.71. The van der Waals surface area contributed by atoms with Gasteiger partial charge in [-0.05, 0) is 24.1 Å². The quantitative estimate of drug-likeness (QED) is 0.749. The van der Waals surface area contributed by atoms with E-state index in [1.165, 1.54) is 5.56 Å². The van der Waals surface area contributed by atoms with Crippen LogP contribution in [0.1, 0.15) is 17.9 Å². The van der Waals surface area contributed by atoms with Crippen molar-refractivity contribution < 1.29 is 9.84 Å². The lowest BCUT2D eigenvalue weighted by atomic mass is 10.1. The van der Waals surface area contributed by atoms with E-state index in [0.717, 1.165) is 12.2 Å². The molecule has 2 rings (SSSR count). The van der Waals surface area contributed by atoms with E-state index in [1.54, 1.807) is 7.11 Å². The lowest BCUT2D eigenvalue weighted by Gasteiger charge is -2.07. The van der Waals surface area contributed by atoms with Gasteiger partial charge >= 0.3 is 0 Å². The number of nitrogens with two attached hydrogens (primary N) is 1. The average molecular weight is 193 g/mol. The highest BCUT2D eigenvalue weighted by molar-refractivity contribution is 5.36. The van der Waals surface area contributed by atoms with E-state index in [-0.39, 0.29) is 12.1 Å². The molecule has 1 aliphatic rings. The van der Waals surface area contributed by atoms with E-state index in [2.05, 4.69) is 0 Å². The van der Waals surface area contributed by atoms with Gasteiger partial charge in [0.1, 0.15) is 5.75 Å². The summed E-state index contributed by atoms with van der Waals surface area (Å²) in [6.45, 7) is 0.0592. The van der Waals surface area contributed by atoms with E-state index in [4.69, 9.17) is 15.6 Å². The molecule has 1 fully saturated rings. The highest BCUT2D eigenvalue weighted by atomic mass is 16.5. The van der Waals surface area contributed by atoms with Crippen LogP contribution < -0.4 is 10.5 Å². The standard InChI is InChI=1S/C11H15NO2/c1-14-9-4-2-8(3-5-9)10-6-11(10,12)7-13/h2-5,10,13H,6-7,12H2,1H3. The van der Waals surface area contributed by atoms with Gasteiger partial charge < -0.3 is 15.6 Å². The molecule has 0 heterocycles. The second-order valence-electron chi connectivity index (χ2n) is 3.92. The molecule has 2 unspecified atom stereocenters. The zero-order chi connectivity index (χ0) is 10.2. The van der Waals surface area contributed by atoms with E-state index in [0.29, 0.717) is 5.92 Å². The van der Waals surface area contributed by atoms with Gasteiger partial charge in [0.2, 0.25) is 0 Å². The number of aliphatic hydroxyl groups is 1. The molecular weight excluding hydrogens is 178 g/mol. The van der Waals surface area contributed by atoms with E-state index < -0.39 is 0 Å². The first kappa shape index (κ1) is 9.49. The van der Waals surface area contributed by atoms with E-state index in [9.17, 15) is 0 Å². The summed E-state index contributed by atoms with van der Waals surface area (Å²) in [5.74, 6) is 1.15. The third-order valence-electron chi connectivity index (χ3n) is 2.93. The van der Waals surface area contributed by atoms with Crippen LogP contribution >= 0.6 is 0 Å². The molecule has 14 heavy (non-hydrogen) atoms. The maximum absolute atomic E-state index is 9.05. The third-order valence-corrected chi connectivity index (χ3v) is 2.93. The Hall–Kier alpha value is -1.06. The highest BCUT2D eigenvalue weighted by Gasteiger charge is 2.51. The molecule has 0 aliphatic heterocycles. The molecule has 0 radical (unpaired) electrons. The van der Waals surface area contributed by atoms with Gasteiger partial charge in [0.05, 0.1) is 13.7 Å². The zero-order valence-electron chi connectivity index (χ0n) is 8.23. The van der Waals surface area contributed by atoms with E-state index >= 15 is 0 Å². The molecule has 1 aromatic rings. The smallest absolute Gasteiger partial charge is 0.118 e. The fourth-order valence-electron chi connectivity index (χ4n) is 1.78. The zero-order valence-corrected chi connectivity index (χ0v) is 8.23. The van der Waals surface area contributed by atoms with Gasteiger partial charge in [-0.15, -0.1) is 0 Å². The normalized spacial score (nSPS) is 30.1. The Bertz CT molecular complexity index is 323. The Kier molecular flexibility index (Phi) is 2.21. The molecular formula is C11H15NO2. The molecule has 0 aromatic heterocycles. The summed E-state index contributed by atoms with van der Waals surface area (Å²) in [6, 6.07) is 7.86. The minimum Gasteiger partial charge on any atom is -0.497 e. The van der Waals surface area contributed by atoms with Gasteiger partial charge in [-0.1, -0.05) is 12.1 Å². The van der Waals surface area contributed by atoms with Crippen molar-refractivity contribution in [2.45, 2.75) is 17.9 Å². The summed E-state index contributed by atoms with van der Waals surface area (Å²) < 4.78 is 5.07. The fraction of sp³-hybridized carbons (Fsp3) is 0.455. The fourth-order valence-corrected chi connectivity index (χ4v) is 1.78. The van der Waals surface area contributed by atoms with Gasteiger partial charge in [0, 0.05) is 11.5 Å². The summed E-state index contributed by atoms with van der Waals surface area (Å²) in [5, 5.41) is 9.05. The summed E-state index contributed by atoms with van der Waals surface area (Å²) in [7, 11) is 1.65. The van der Waals surface area contributed by atoms with Crippen LogP contribution in [0.5, 0.6) is 5.75 Å². The molecule has 3 N–H and O–H groups in total. The number of rotatable bonds is 3. The lowest BCUT2D eigenvalue weighted by molar-refractivity contribution is 0.253. The molecule has 2 atom stereocenters. The van der Waals surface area contributed by atoms with Gasteiger partial charge in [-0.3, -0.25) is 0 Å². The molecule has 76 valence electrons. The Morgan fingerprint density at radius 3 is 2.57 bits per heavy atom. The van der Waals surface area contributed by atoms with Crippen LogP contribution in [0, 0.1) is 0 Å². The minimum atomic E-state index is -0.380. The van der Waals surface area contributed by atoms with Crippen molar-refractivity contribution in [3.63, 3.8) is 0 Å². The Morgan fingerprint density at radius 1 is 1.50 bits per heavy atom. The maximum atomic E-state index is 9.05. The number of aliphatic hydroxyl groups excluding tert-OH is 1. The second-order valence-corrected chi connectivity index (χ2v) is 3.92. The Labute approximate surface area is 83.5 Å². The van der Waals surface area contributed by atoms with Gasteiger partial charge in [0.25, 0.3) is 0 Å². The van der Waals surface area contributed by atoms with Crippen LogP contribution in [0.15, 0.2) is 24.3 Å². The Morgan fingerprint density at radius 2 is 2.14 bits per heavy atom. The molecule has 0 bridgehead atoms. The second kappa shape index (κ2) is 3.26. The van der Waals surface area contributed by atoms with Crippen molar-refractivity contribution in [2.24, 2.45) is 5.73 Å². The van der Waals surface area contributed by atoms with Crippen LogP contribution in [0.3, 0.4) is 0 Å². The van der Waals surface area contributed by atoms with Crippen LogP contribution in [-0.2, 0) is 0 Å². The molecule has 3 heteroatoms. The predicted molar refractivity (Wildman–Crippen MR) is 54.4 cm³/mol. The predicted octanol–water partition coefficient (Wildman–Crippen LogP) is 0.872. The topological polar surface area (TPSA) is 55.5 Å². The maximum Gasteiger partial charge on any atom is 0.118 e. The Balaban J connectivity index is 2.12. The summed E-state index contributed by atoms with van der Waals surface area (Å²) in [6.07, 6.45) is 0.871. The number of ether oxygens (including phenoxy) is 1. The summed E-state index contributed by atoms with van der Waals surface area (Å²) >= 11 is 0. The van der Waals surface area contributed by atoms with E-state index in [1.807, 2.05) is 24.3 Å². The first-order valence-electron chi connectivity index (χ1n) is 4.73. The van der Waals surface area contributed by atoms with Crippen LogP contribution in [0.4, 0.5) is 0 Å². The van der Waals surface area contributed by atoms with Crippen molar-refractivity contribution in [2.75, 3.05) is 13.7 Å². The van der Waals surface area contributed by atoms with Crippen LogP contribution in [0.25, 0.3) is 0 Å². The van der Waals surface area contributed by atoms with Crippen molar-refractivity contribution in [3.8, 4) is 5.75 Å². The number of benzene rings is 1.